The van der Waals surface area contributed by atoms with Crippen LogP contribution in [0, 0.1) is 17.3 Å². The lowest BCUT2D eigenvalue weighted by Crippen LogP contribution is -2.41. The Kier molecular flexibility index (Phi) is 9.33. The lowest BCUT2D eigenvalue weighted by atomic mass is 9.69. The van der Waals surface area contributed by atoms with Gasteiger partial charge in [-0.15, -0.1) is 0 Å². The maximum Gasteiger partial charge on any atom is 0.0544 e. The van der Waals surface area contributed by atoms with Crippen molar-refractivity contribution in [3.63, 3.8) is 0 Å². The smallest absolute Gasteiger partial charge is 0.0544 e. The molecule has 0 saturated heterocycles. The number of ether oxygens (including phenoxy) is 2. The van der Waals surface area contributed by atoms with Gasteiger partial charge in [-0.25, -0.2) is 0 Å². The number of rotatable bonds is 12. The van der Waals surface area contributed by atoms with Crippen molar-refractivity contribution in [2.75, 3.05) is 66.7 Å². The van der Waals surface area contributed by atoms with Crippen LogP contribution in [0.25, 0.3) is 0 Å². The lowest BCUT2D eigenvalue weighted by molar-refractivity contribution is -0.0404. The number of hydrogen-bond donors (Lipinski definition) is 2. The van der Waals surface area contributed by atoms with Crippen molar-refractivity contribution in [1.82, 2.24) is 15.6 Å². The second kappa shape index (κ2) is 11.2. The zero-order valence-corrected chi connectivity index (χ0v) is 17.4. The third-order valence-corrected chi connectivity index (χ3v) is 5.93. The number of nitrogens with zero attached hydrogens (tertiary/aromatic N) is 2. The molecule has 0 bridgehead atoms. The largest absolute Gasteiger partial charge is 0.381 e. The van der Waals surface area contributed by atoms with Crippen LogP contribution in [-0.2, 0) is 9.47 Å². The molecule has 6 heteroatoms. The molecule has 1 saturated carbocycles. The Balaban J connectivity index is 1.88. The molecule has 0 aromatic rings. The fraction of sp³-hybridized carbons (Fsp3) is 0.950. The van der Waals surface area contributed by atoms with E-state index in [0.29, 0.717) is 11.8 Å². The number of hydrazone groups is 1. The van der Waals surface area contributed by atoms with E-state index >= 15 is 0 Å². The van der Waals surface area contributed by atoms with E-state index in [2.05, 4.69) is 36.5 Å². The van der Waals surface area contributed by atoms with Gasteiger partial charge in [-0.05, 0) is 59.5 Å². The third-order valence-electron chi connectivity index (χ3n) is 5.93. The molecule has 2 aliphatic rings. The van der Waals surface area contributed by atoms with Crippen LogP contribution in [0.4, 0.5) is 0 Å². The maximum atomic E-state index is 5.81. The van der Waals surface area contributed by atoms with Crippen LogP contribution in [0.15, 0.2) is 5.10 Å². The fourth-order valence-electron chi connectivity index (χ4n) is 4.29. The molecule has 1 atom stereocenters. The zero-order chi connectivity index (χ0) is 18.8. The predicted molar refractivity (Wildman–Crippen MR) is 108 cm³/mol. The van der Waals surface area contributed by atoms with E-state index in [1.807, 2.05) is 7.05 Å². The van der Waals surface area contributed by atoms with Gasteiger partial charge < -0.3 is 25.1 Å². The fourth-order valence-corrected chi connectivity index (χ4v) is 4.29. The summed E-state index contributed by atoms with van der Waals surface area (Å²) in [6, 6.07) is 0. The van der Waals surface area contributed by atoms with Crippen molar-refractivity contribution in [3.05, 3.63) is 0 Å². The normalized spacial score (nSPS) is 23.3. The molecular weight excluding hydrogens is 328 g/mol. The van der Waals surface area contributed by atoms with Crippen LogP contribution >= 0.6 is 0 Å². The van der Waals surface area contributed by atoms with Crippen LogP contribution in [0.2, 0.25) is 0 Å². The predicted octanol–water partition coefficient (Wildman–Crippen LogP) is 1.96. The summed E-state index contributed by atoms with van der Waals surface area (Å²) in [5, 5.41) is 7.94. The van der Waals surface area contributed by atoms with Gasteiger partial charge in [0.1, 0.15) is 0 Å². The highest BCUT2D eigenvalue weighted by atomic mass is 16.5. The third kappa shape index (κ3) is 6.19. The second-order valence-corrected chi connectivity index (χ2v) is 8.01. The average molecular weight is 369 g/mol. The Labute approximate surface area is 160 Å². The second-order valence-electron chi connectivity index (χ2n) is 8.01. The molecule has 0 aromatic carbocycles. The Morgan fingerprint density at radius 1 is 1.19 bits per heavy atom. The molecule has 1 heterocycles. The van der Waals surface area contributed by atoms with Crippen LogP contribution in [0.1, 0.15) is 39.5 Å². The van der Waals surface area contributed by atoms with Crippen LogP contribution in [-0.4, -0.2) is 77.3 Å². The van der Waals surface area contributed by atoms with E-state index in [0.717, 1.165) is 52.6 Å². The van der Waals surface area contributed by atoms with Gasteiger partial charge in [0.25, 0.3) is 0 Å². The quantitative estimate of drug-likeness (QED) is 0.551. The van der Waals surface area contributed by atoms with Crippen molar-refractivity contribution in [2.45, 2.75) is 39.5 Å². The van der Waals surface area contributed by atoms with E-state index < -0.39 is 0 Å². The van der Waals surface area contributed by atoms with Crippen molar-refractivity contribution in [3.8, 4) is 0 Å². The van der Waals surface area contributed by atoms with Crippen LogP contribution in [0.5, 0.6) is 0 Å². The van der Waals surface area contributed by atoms with Gasteiger partial charge in [0.2, 0.25) is 0 Å². The van der Waals surface area contributed by atoms with Crippen molar-refractivity contribution < 1.29 is 9.47 Å². The molecular formula is C20H40N4O2. The summed E-state index contributed by atoms with van der Waals surface area (Å²) in [7, 11) is 4.22. The van der Waals surface area contributed by atoms with E-state index in [9.17, 15) is 0 Å². The summed E-state index contributed by atoms with van der Waals surface area (Å²) in [5.74, 6) is 1.16. The summed E-state index contributed by atoms with van der Waals surface area (Å²) < 4.78 is 11.6. The van der Waals surface area contributed by atoms with Gasteiger partial charge in [0.05, 0.1) is 13.2 Å². The first kappa shape index (κ1) is 21.6. The summed E-state index contributed by atoms with van der Waals surface area (Å²) >= 11 is 0. The number of nitrogens with one attached hydrogen (secondary N) is 2. The van der Waals surface area contributed by atoms with E-state index in [-0.39, 0.29) is 5.41 Å². The molecule has 2 rings (SSSR count). The lowest BCUT2D eigenvalue weighted by Gasteiger charge is -2.40. The molecule has 1 aliphatic heterocycles. The van der Waals surface area contributed by atoms with Gasteiger partial charge in [-0.1, -0.05) is 0 Å². The van der Waals surface area contributed by atoms with E-state index in [4.69, 9.17) is 14.6 Å². The van der Waals surface area contributed by atoms with Gasteiger partial charge in [-0.3, -0.25) is 0 Å². The van der Waals surface area contributed by atoms with Gasteiger partial charge in [-0.2, -0.15) is 5.10 Å². The summed E-state index contributed by atoms with van der Waals surface area (Å²) in [4.78, 5) is 2.42. The summed E-state index contributed by atoms with van der Waals surface area (Å²) in [6.45, 7) is 11.6. The van der Waals surface area contributed by atoms with E-state index in [1.54, 1.807) is 0 Å². The summed E-state index contributed by atoms with van der Waals surface area (Å²) in [5.41, 5.74) is 4.87. The summed E-state index contributed by atoms with van der Waals surface area (Å²) in [6.07, 6.45) is 4.77. The van der Waals surface area contributed by atoms with E-state index in [1.165, 1.54) is 31.4 Å². The van der Waals surface area contributed by atoms with Gasteiger partial charge in [0, 0.05) is 56.4 Å². The molecule has 0 spiro atoms. The molecule has 6 nitrogen and oxygen atoms in total. The highest BCUT2D eigenvalue weighted by Gasteiger charge is 2.39. The average Bonchev–Trinajstić information content (AvgIpc) is 3.11. The SMILES string of the molecule is CCOCC1(COCC)CCC(C2=NNCC2CN(C)CCNC)CC1. The molecule has 0 radical (unpaired) electrons. The Morgan fingerprint density at radius 2 is 1.85 bits per heavy atom. The minimum absolute atomic E-state index is 0.203. The zero-order valence-electron chi connectivity index (χ0n) is 17.4. The first-order valence-corrected chi connectivity index (χ1v) is 10.4. The Bertz CT molecular complexity index is 412. The molecule has 0 aromatic heterocycles. The van der Waals surface area contributed by atoms with Crippen LogP contribution in [0.3, 0.4) is 0 Å². The Morgan fingerprint density at radius 3 is 2.42 bits per heavy atom. The highest BCUT2D eigenvalue weighted by Crippen LogP contribution is 2.41. The molecule has 26 heavy (non-hydrogen) atoms. The van der Waals surface area contributed by atoms with Gasteiger partial charge in [0.15, 0.2) is 0 Å². The molecule has 0 amide bonds. The molecule has 152 valence electrons. The molecule has 2 N–H and O–H groups in total. The minimum atomic E-state index is 0.203. The maximum absolute atomic E-state index is 5.81. The topological polar surface area (TPSA) is 58.1 Å². The first-order chi connectivity index (χ1) is 12.6. The van der Waals surface area contributed by atoms with Crippen molar-refractivity contribution >= 4 is 5.71 Å². The highest BCUT2D eigenvalue weighted by molar-refractivity contribution is 5.90. The number of likely N-dealkylation sites (N-methyl/N-ethyl adjacent to an activating group) is 2. The minimum Gasteiger partial charge on any atom is -0.381 e. The monoisotopic (exact) mass is 368 g/mol. The Hall–Kier alpha value is -0.690. The first-order valence-electron chi connectivity index (χ1n) is 10.4. The van der Waals surface area contributed by atoms with Crippen molar-refractivity contribution in [2.24, 2.45) is 22.4 Å². The molecule has 1 unspecified atom stereocenters. The van der Waals surface area contributed by atoms with Crippen LogP contribution < -0.4 is 10.7 Å². The molecule has 1 fully saturated rings. The van der Waals surface area contributed by atoms with Gasteiger partial charge >= 0.3 is 0 Å². The molecule has 1 aliphatic carbocycles. The van der Waals surface area contributed by atoms with Crippen molar-refractivity contribution in [1.29, 1.82) is 0 Å². The number of hydrogen-bond acceptors (Lipinski definition) is 6. The standard InChI is InChI=1S/C20H40N4O2/c1-5-25-15-20(16-26-6-2)9-7-17(8-10-20)19-18(13-22-23-19)14-24(4)12-11-21-3/h17-18,21-22H,5-16H2,1-4H3.